The second-order valence-corrected chi connectivity index (χ2v) is 6.34. The average molecular weight is 353 g/mol. The van der Waals surface area contributed by atoms with Crippen LogP contribution in [0.2, 0.25) is 0 Å². The van der Waals surface area contributed by atoms with Crippen molar-refractivity contribution in [2.24, 2.45) is 5.73 Å². The monoisotopic (exact) mass is 353 g/mol. The predicted molar refractivity (Wildman–Crippen MR) is 105 cm³/mol. The number of amides is 1. The molecule has 4 nitrogen and oxygen atoms in total. The summed E-state index contributed by atoms with van der Waals surface area (Å²) < 4.78 is 1.97. The number of carbonyl (C=O) groups is 1. The third kappa shape index (κ3) is 2.81. The molecule has 0 aliphatic rings. The summed E-state index contributed by atoms with van der Waals surface area (Å²) in [6.07, 6.45) is 3.39. The summed E-state index contributed by atoms with van der Waals surface area (Å²) in [5, 5.41) is 0. The second-order valence-electron chi connectivity index (χ2n) is 6.34. The predicted octanol–water partition coefficient (Wildman–Crippen LogP) is 3.82. The molecule has 0 bridgehead atoms. The van der Waals surface area contributed by atoms with Crippen LogP contribution in [0.25, 0.3) is 0 Å². The molecule has 4 rings (SSSR count). The molecule has 1 amide bonds. The minimum absolute atomic E-state index is 0.238. The highest BCUT2D eigenvalue weighted by atomic mass is 16.1. The van der Waals surface area contributed by atoms with Gasteiger partial charge in [-0.25, -0.2) is 4.98 Å². The molecule has 0 saturated carbocycles. The summed E-state index contributed by atoms with van der Waals surface area (Å²) in [6, 6.07) is 30.6. The van der Waals surface area contributed by atoms with Crippen LogP contribution in [0.4, 0.5) is 0 Å². The second kappa shape index (κ2) is 6.92. The van der Waals surface area contributed by atoms with Crippen LogP contribution in [-0.2, 0) is 5.54 Å². The lowest BCUT2D eigenvalue weighted by Crippen LogP contribution is -2.37. The summed E-state index contributed by atoms with van der Waals surface area (Å²) in [5.41, 5.74) is 8.23. The summed E-state index contributed by atoms with van der Waals surface area (Å²) in [6.45, 7) is 0. The van der Waals surface area contributed by atoms with Gasteiger partial charge < -0.3 is 10.3 Å². The lowest BCUT2D eigenvalue weighted by atomic mass is 9.77. The van der Waals surface area contributed by atoms with E-state index in [1.165, 1.54) is 0 Å². The van der Waals surface area contributed by atoms with E-state index < -0.39 is 11.4 Å². The van der Waals surface area contributed by atoms with Crippen LogP contribution in [-0.4, -0.2) is 15.5 Å². The van der Waals surface area contributed by atoms with Crippen LogP contribution >= 0.6 is 0 Å². The lowest BCUT2D eigenvalue weighted by molar-refractivity contribution is 0.0996. The van der Waals surface area contributed by atoms with E-state index in [2.05, 4.69) is 41.4 Å². The van der Waals surface area contributed by atoms with Crippen molar-refractivity contribution in [2.45, 2.75) is 5.54 Å². The fraction of sp³-hybridized carbons (Fsp3) is 0.0435. The zero-order chi connectivity index (χ0) is 18.7. The van der Waals surface area contributed by atoms with Crippen molar-refractivity contribution in [2.75, 3.05) is 0 Å². The van der Waals surface area contributed by atoms with Crippen molar-refractivity contribution >= 4 is 5.91 Å². The van der Waals surface area contributed by atoms with Gasteiger partial charge in [0.2, 0.25) is 0 Å². The summed E-state index contributed by atoms with van der Waals surface area (Å²) in [4.78, 5) is 15.9. The summed E-state index contributed by atoms with van der Waals surface area (Å²) in [7, 11) is 0. The Hall–Kier alpha value is -3.66. The van der Waals surface area contributed by atoms with Crippen LogP contribution < -0.4 is 5.73 Å². The van der Waals surface area contributed by atoms with E-state index >= 15 is 0 Å². The van der Waals surface area contributed by atoms with Gasteiger partial charge in [0.15, 0.2) is 0 Å². The highest BCUT2D eigenvalue weighted by Crippen LogP contribution is 2.40. The minimum atomic E-state index is -0.676. The first-order valence-corrected chi connectivity index (χ1v) is 8.74. The Bertz CT molecular complexity index is 944. The number of carbonyl (C=O) groups excluding carboxylic acids is 1. The molecular weight excluding hydrogens is 334 g/mol. The normalized spacial score (nSPS) is 11.3. The van der Waals surface area contributed by atoms with Gasteiger partial charge in [-0.3, -0.25) is 4.79 Å². The largest absolute Gasteiger partial charge is 0.364 e. The van der Waals surface area contributed by atoms with Gasteiger partial charge in [-0.2, -0.15) is 0 Å². The fourth-order valence-electron chi connectivity index (χ4n) is 3.62. The number of hydrogen-bond acceptors (Lipinski definition) is 2. The maximum atomic E-state index is 11.7. The molecule has 1 heterocycles. The Morgan fingerprint density at radius 3 is 1.48 bits per heavy atom. The van der Waals surface area contributed by atoms with Crippen molar-refractivity contribution in [3.05, 3.63) is 126 Å². The molecule has 0 saturated heterocycles. The van der Waals surface area contributed by atoms with Gasteiger partial charge in [0.05, 0.1) is 6.33 Å². The highest BCUT2D eigenvalue weighted by molar-refractivity contribution is 5.90. The molecule has 4 aromatic rings. The fourth-order valence-corrected chi connectivity index (χ4v) is 3.62. The molecule has 0 unspecified atom stereocenters. The number of benzene rings is 3. The van der Waals surface area contributed by atoms with E-state index in [1.54, 1.807) is 12.5 Å². The van der Waals surface area contributed by atoms with Gasteiger partial charge in [0.1, 0.15) is 11.2 Å². The topological polar surface area (TPSA) is 60.9 Å². The van der Waals surface area contributed by atoms with Crippen LogP contribution in [0.5, 0.6) is 0 Å². The van der Waals surface area contributed by atoms with E-state index in [1.807, 2.05) is 59.2 Å². The summed E-state index contributed by atoms with van der Waals surface area (Å²) >= 11 is 0. The van der Waals surface area contributed by atoms with Gasteiger partial charge in [-0.1, -0.05) is 91.0 Å². The number of imidazole rings is 1. The van der Waals surface area contributed by atoms with Crippen LogP contribution in [0.1, 0.15) is 27.2 Å². The van der Waals surface area contributed by atoms with E-state index in [-0.39, 0.29) is 5.69 Å². The number of hydrogen-bond donors (Lipinski definition) is 1. The molecule has 2 N–H and O–H groups in total. The Balaban J connectivity index is 2.10. The number of nitrogens with zero attached hydrogens (tertiary/aromatic N) is 2. The Morgan fingerprint density at radius 1 is 0.741 bits per heavy atom. The van der Waals surface area contributed by atoms with E-state index in [0.717, 1.165) is 16.7 Å². The number of nitrogens with two attached hydrogens (primary N) is 1. The van der Waals surface area contributed by atoms with Gasteiger partial charge in [-0.05, 0) is 16.7 Å². The van der Waals surface area contributed by atoms with Crippen molar-refractivity contribution in [3.63, 3.8) is 0 Å². The third-order valence-electron chi connectivity index (χ3n) is 4.80. The zero-order valence-corrected chi connectivity index (χ0v) is 14.7. The molecule has 0 aliphatic heterocycles. The highest BCUT2D eigenvalue weighted by Gasteiger charge is 2.38. The van der Waals surface area contributed by atoms with Gasteiger partial charge in [0, 0.05) is 6.20 Å². The maximum Gasteiger partial charge on any atom is 0.268 e. The first-order valence-electron chi connectivity index (χ1n) is 8.74. The van der Waals surface area contributed by atoms with E-state index in [0.29, 0.717) is 0 Å². The van der Waals surface area contributed by atoms with Crippen molar-refractivity contribution in [3.8, 4) is 0 Å². The lowest BCUT2D eigenvalue weighted by Gasteiger charge is -2.37. The van der Waals surface area contributed by atoms with Crippen LogP contribution in [0.15, 0.2) is 104 Å². The quantitative estimate of drug-likeness (QED) is 0.555. The van der Waals surface area contributed by atoms with E-state index in [4.69, 9.17) is 5.73 Å². The molecule has 0 fully saturated rings. The molecule has 3 aromatic carbocycles. The molecular formula is C23H19N3O. The minimum Gasteiger partial charge on any atom is -0.364 e. The Kier molecular flexibility index (Phi) is 4.30. The molecule has 0 atom stereocenters. The first-order chi connectivity index (χ1) is 13.2. The Morgan fingerprint density at radius 2 is 1.15 bits per heavy atom. The van der Waals surface area contributed by atoms with Crippen molar-refractivity contribution in [1.29, 1.82) is 0 Å². The number of aromatic nitrogens is 2. The van der Waals surface area contributed by atoms with E-state index in [9.17, 15) is 4.79 Å². The first kappa shape index (κ1) is 16.8. The molecule has 0 radical (unpaired) electrons. The SMILES string of the molecule is NC(=O)c1cn(C(c2ccccc2)(c2ccccc2)c2ccccc2)cn1. The van der Waals surface area contributed by atoms with Gasteiger partial charge in [0.25, 0.3) is 5.91 Å². The van der Waals surface area contributed by atoms with Crippen molar-refractivity contribution in [1.82, 2.24) is 9.55 Å². The molecule has 132 valence electrons. The van der Waals surface area contributed by atoms with Crippen LogP contribution in [0.3, 0.4) is 0 Å². The number of primary amides is 1. The summed E-state index contributed by atoms with van der Waals surface area (Å²) in [5.74, 6) is -0.545. The molecule has 27 heavy (non-hydrogen) atoms. The van der Waals surface area contributed by atoms with Gasteiger partial charge >= 0.3 is 0 Å². The zero-order valence-electron chi connectivity index (χ0n) is 14.7. The van der Waals surface area contributed by atoms with Crippen molar-refractivity contribution < 1.29 is 4.79 Å². The smallest absolute Gasteiger partial charge is 0.268 e. The maximum absolute atomic E-state index is 11.7. The molecule has 0 aliphatic carbocycles. The number of rotatable bonds is 5. The standard InChI is InChI=1S/C23H19N3O/c24-22(27)21-16-26(17-25-21)23(18-10-4-1-5-11-18,19-12-6-2-7-13-19)20-14-8-3-9-15-20/h1-17H,(H2,24,27). The Labute approximate surface area is 157 Å². The van der Waals surface area contributed by atoms with Gasteiger partial charge in [-0.15, -0.1) is 0 Å². The van der Waals surface area contributed by atoms with Crippen LogP contribution in [0, 0.1) is 0 Å². The molecule has 1 aromatic heterocycles. The molecule has 0 spiro atoms. The average Bonchev–Trinajstić information content (AvgIpc) is 3.22. The molecule has 4 heteroatoms. The third-order valence-corrected chi connectivity index (χ3v) is 4.80.